The lowest BCUT2D eigenvalue weighted by Crippen LogP contribution is -2.26. The third-order valence-corrected chi connectivity index (χ3v) is 4.31. The van der Waals surface area contributed by atoms with Crippen molar-refractivity contribution < 1.29 is 10.0 Å². The Labute approximate surface area is 151 Å². The predicted molar refractivity (Wildman–Crippen MR) is 100 cm³/mol. The summed E-state index contributed by atoms with van der Waals surface area (Å²) in [5.74, 6) is -0.175. The number of H-pyrrole nitrogens is 1. The van der Waals surface area contributed by atoms with Crippen LogP contribution < -0.4 is 10.5 Å². The van der Waals surface area contributed by atoms with Gasteiger partial charge < -0.3 is 15.0 Å². The maximum absolute atomic E-state index is 12.3. The van der Waals surface area contributed by atoms with Crippen LogP contribution in [0.25, 0.3) is 16.5 Å². The number of aromatic nitrogens is 2. The minimum absolute atomic E-state index is 0.0497. The maximum atomic E-state index is 12.3. The molecule has 0 radical (unpaired) electrons. The van der Waals surface area contributed by atoms with E-state index < -0.39 is 4.92 Å². The minimum Gasteiger partial charge on any atom is -0.509 e. The number of non-ortho nitro benzene ring substituents is 1. The van der Waals surface area contributed by atoms with E-state index >= 15 is 0 Å². The molecule has 0 fully saturated rings. The van der Waals surface area contributed by atoms with Gasteiger partial charge in [-0.25, -0.2) is 4.98 Å². The van der Waals surface area contributed by atoms with E-state index in [1.807, 2.05) is 0 Å². The summed E-state index contributed by atoms with van der Waals surface area (Å²) in [6.45, 7) is -0.0497. The van der Waals surface area contributed by atoms with Crippen LogP contribution in [-0.4, -0.2) is 32.4 Å². The van der Waals surface area contributed by atoms with E-state index in [0.717, 1.165) is 0 Å². The Kier molecular flexibility index (Phi) is 3.69. The zero-order valence-corrected chi connectivity index (χ0v) is 13.8. The fourth-order valence-corrected chi connectivity index (χ4v) is 3.03. The van der Waals surface area contributed by atoms with Gasteiger partial charge in [-0.2, -0.15) is 0 Å². The highest BCUT2D eigenvalue weighted by atomic mass is 16.6. The molecule has 1 aliphatic heterocycles. The van der Waals surface area contributed by atoms with Crippen LogP contribution in [0, 0.1) is 15.5 Å². The largest absolute Gasteiger partial charge is 0.509 e. The van der Waals surface area contributed by atoms with E-state index in [-0.39, 0.29) is 40.8 Å². The molecule has 0 amide bonds. The Hall–Kier alpha value is -4.01. The summed E-state index contributed by atoms with van der Waals surface area (Å²) in [5.41, 5.74) is 0.421. The van der Waals surface area contributed by atoms with Gasteiger partial charge >= 0.3 is 0 Å². The Balaban J connectivity index is 1.76. The average molecular weight is 363 g/mol. The molecule has 4 rings (SSSR count). The third kappa shape index (κ3) is 2.71. The number of anilines is 1. The number of amidine groups is 1. The van der Waals surface area contributed by atoms with Crippen molar-refractivity contribution in [1.29, 1.82) is 5.41 Å². The first-order valence-electron chi connectivity index (χ1n) is 7.98. The van der Waals surface area contributed by atoms with Crippen LogP contribution in [0.15, 0.2) is 59.1 Å². The number of aliphatic hydroxyl groups is 1. The molecule has 3 N–H and O–H groups in total. The van der Waals surface area contributed by atoms with Gasteiger partial charge in [0.1, 0.15) is 17.4 Å². The van der Waals surface area contributed by atoms with E-state index in [9.17, 15) is 20.0 Å². The number of benzene rings is 2. The molecule has 9 nitrogen and oxygen atoms in total. The summed E-state index contributed by atoms with van der Waals surface area (Å²) in [6.07, 6.45) is 0. The predicted octanol–water partition coefficient (Wildman–Crippen LogP) is 2.60. The molecule has 2 heterocycles. The highest BCUT2D eigenvalue weighted by Gasteiger charge is 2.31. The van der Waals surface area contributed by atoms with Crippen molar-refractivity contribution >= 4 is 33.7 Å². The van der Waals surface area contributed by atoms with Gasteiger partial charge in [0.15, 0.2) is 0 Å². The molecule has 0 unspecified atom stereocenters. The molecule has 0 saturated heterocycles. The molecule has 9 heteroatoms. The fourth-order valence-electron chi connectivity index (χ4n) is 3.03. The number of aliphatic hydroxyl groups excluding tert-OH is 1. The summed E-state index contributed by atoms with van der Waals surface area (Å²) in [6, 6.07) is 12.5. The van der Waals surface area contributed by atoms with Gasteiger partial charge in [-0.05, 0) is 18.2 Å². The molecule has 0 aliphatic carbocycles. The number of fused-ring (bicyclic) bond motifs is 1. The van der Waals surface area contributed by atoms with Crippen LogP contribution in [0.5, 0.6) is 0 Å². The van der Waals surface area contributed by atoms with Gasteiger partial charge in [0, 0.05) is 17.8 Å². The summed E-state index contributed by atoms with van der Waals surface area (Å²) in [5, 5.41) is 30.2. The van der Waals surface area contributed by atoms with Crippen molar-refractivity contribution in [3.05, 3.63) is 80.6 Å². The number of nitro benzene ring substituents is 1. The number of rotatable bonds is 3. The monoisotopic (exact) mass is 363 g/mol. The second-order valence-electron chi connectivity index (χ2n) is 5.97. The number of para-hydroxylation sites is 1. The van der Waals surface area contributed by atoms with Crippen molar-refractivity contribution in [3.8, 4) is 0 Å². The molecule has 1 aliphatic rings. The average Bonchev–Trinajstić information content (AvgIpc) is 2.96. The van der Waals surface area contributed by atoms with Gasteiger partial charge in [0.25, 0.3) is 11.2 Å². The maximum Gasteiger partial charge on any atom is 0.271 e. The van der Waals surface area contributed by atoms with Crippen LogP contribution in [0.4, 0.5) is 11.4 Å². The molecule has 27 heavy (non-hydrogen) atoms. The lowest BCUT2D eigenvalue weighted by molar-refractivity contribution is -0.384. The van der Waals surface area contributed by atoms with Crippen molar-refractivity contribution in [1.82, 2.24) is 9.97 Å². The first kappa shape index (κ1) is 16.5. The number of nitrogens with one attached hydrogen (secondary N) is 2. The standard InChI is InChI=1S/C18H13N5O4/c19-16-15(17-20-13-7-2-1-6-12(13)18(25)21-17)14(24)9-22(16)10-4-3-5-11(8-10)23(26)27/h1-8,19,24H,9H2,(H,20,21,25). The summed E-state index contributed by atoms with van der Waals surface area (Å²) < 4.78 is 0. The number of nitro groups is 1. The summed E-state index contributed by atoms with van der Waals surface area (Å²) in [4.78, 5) is 31.1. The minimum atomic E-state index is -0.528. The number of hydrogen-bond acceptors (Lipinski definition) is 6. The van der Waals surface area contributed by atoms with Crippen molar-refractivity contribution in [3.63, 3.8) is 0 Å². The van der Waals surface area contributed by atoms with Gasteiger partial charge in [-0.15, -0.1) is 0 Å². The molecule has 3 aromatic rings. The number of aromatic amines is 1. The molecule has 134 valence electrons. The Bertz CT molecular complexity index is 1200. The molecule has 2 aromatic carbocycles. The third-order valence-electron chi connectivity index (χ3n) is 4.31. The number of hydrogen-bond donors (Lipinski definition) is 3. The van der Waals surface area contributed by atoms with E-state index in [1.54, 1.807) is 30.3 Å². The van der Waals surface area contributed by atoms with E-state index in [2.05, 4.69) is 9.97 Å². The van der Waals surface area contributed by atoms with Gasteiger partial charge in [0.05, 0.1) is 27.9 Å². The van der Waals surface area contributed by atoms with Crippen LogP contribution in [0.2, 0.25) is 0 Å². The number of nitrogens with zero attached hydrogens (tertiary/aromatic N) is 3. The lowest BCUT2D eigenvalue weighted by atomic mass is 10.2. The normalized spacial score (nSPS) is 14.2. The molecular formula is C18H13N5O4. The van der Waals surface area contributed by atoms with E-state index in [0.29, 0.717) is 16.6 Å². The molecule has 0 saturated carbocycles. The van der Waals surface area contributed by atoms with Crippen molar-refractivity contribution in [2.75, 3.05) is 11.4 Å². The Morgan fingerprint density at radius 3 is 2.78 bits per heavy atom. The van der Waals surface area contributed by atoms with Crippen LogP contribution in [0.1, 0.15) is 5.82 Å². The molecular weight excluding hydrogens is 350 g/mol. The van der Waals surface area contributed by atoms with E-state index in [4.69, 9.17) is 5.41 Å². The van der Waals surface area contributed by atoms with Gasteiger partial charge in [0.2, 0.25) is 0 Å². The molecule has 0 bridgehead atoms. The van der Waals surface area contributed by atoms with E-state index in [1.165, 1.54) is 23.1 Å². The molecule has 1 aromatic heterocycles. The smallest absolute Gasteiger partial charge is 0.271 e. The zero-order valence-electron chi connectivity index (χ0n) is 13.8. The molecule has 0 spiro atoms. The highest BCUT2D eigenvalue weighted by Crippen LogP contribution is 2.31. The SMILES string of the molecule is N=C1C(c2nc3ccccc3c(=O)[nH]2)=C(O)CN1c1cccc([N+](=O)[O-])c1. The van der Waals surface area contributed by atoms with Crippen LogP contribution >= 0.6 is 0 Å². The Morgan fingerprint density at radius 2 is 2.00 bits per heavy atom. The topological polar surface area (TPSA) is 136 Å². The van der Waals surface area contributed by atoms with Gasteiger partial charge in [-0.3, -0.25) is 20.3 Å². The van der Waals surface area contributed by atoms with Crippen LogP contribution in [0.3, 0.4) is 0 Å². The lowest BCUT2D eigenvalue weighted by Gasteiger charge is -2.18. The molecule has 0 atom stereocenters. The van der Waals surface area contributed by atoms with Crippen LogP contribution in [-0.2, 0) is 0 Å². The Morgan fingerprint density at radius 1 is 1.22 bits per heavy atom. The fraction of sp³-hybridized carbons (Fsp3) is 0.0556. The first-order chi connectivity index (χ1) is 13.0. The quantitative estimate of drug-likeness (QED) is 0.483. The van der Waals surface area contributed by atoms with Gasteiger partial charge in [-0.1, -0.05) is 18.2 Å². The first-order valence-corrected chi connectivity index (χ1v) is 7.98. The van der Waals surface area contributed by atoms with Crippen molar-refractivity contribution in [2.24, 2.45) is 0 Å². The highest BCUT2D eigenvalue weighted by molar-refractivity contribution is 6.30. The second kappa shape index (κ2) is 6.06. The zero-order chi connectivity index (χ0) is 19.1. The summed E-state index contributed by atoms with van der Waals surface area (Å²) >= 11 is 0. The summed E-state index contributed by atoms with van der Waals surface area (Å²) in [7, 11) is 0. The second-order valence-corrected chi connectivity index (χ2v) is 5.97. The van der Waals surface area contributed by atoms with Crippen molar-refractivity contribution in [2.45, 2.75) is 0 Å².